The van der Waals surface area contributed by atoms with Gasteiger partial charge >= 0.3 is 12.1 Å². The number of hydrogen-bond donors (Lipinski definition) is 0. The van der Waals surface area contributed by atoms with Crippen LogP contribution in [0.15, 0.2) is 73.1 Å². The fraction of sp³-hybridized carbons (Fsp3) is 0.333. The zero-order valence-corrected chi connectivity index (χ0v) is 25.2. The number of aromatic nitrogens is 6. The fourth-order valence-corrected chi connectivity index (χ4v) is 5.60. The monoisotopic (exact) mass is 610 g/mol. The van der Waals surface area contributed by atoms with E-state index < -0.39 is 18.4 Å². The lowest BCUT2D eigenvalue weighted by molar-refractivity contribution is -0.0914. The van der Waals surface area contributed by atoms with Gasteiger partial charge in [0, 0.05) is 12.5 Å². The lowest BCUT2D eigenvalue weighted by Gasteiger charge is -2.22. The van der Waals surface area contributed by atoms with Crippen LogP contribution in [0.4, 0.5) is 4.79 Å². The van der Waals surface area contributed by atoms with E-state index in [1.54, 1.807) is 23.1 Å². The number of ether oxygens (including phenoxy) is 4. The van der Waals surface area contributed by atoms with Crippen LogP contribution in [0.25, 0.3) is 27.8 Å². The van der Waals surface area contributed by atoms with Crippen molar-refractivity contribution >= 4 is 23.2 Å². The smallest absolute Gasteiger partial charge is 0.465 e. The van der Waals surface area contributed by atoms with Crippen LogP contribution < -0.4 is 4.74 Å². The third-order valence-electron chi connectivity index (χ3n) is 7.68. The van der Waals surface area contributed by atoms with E-state index in [2.05, 4.69) is 20.5 Å². The Hall–Kier alpha value is -5.26. The molecule has 1 unspecified atom stereocenters. The average molecular weight is 611 g/mol. The first-order valence-corrected chi connectivity index (χ1v) is 15.1. The molecule has 2 heterocycles. The highest BCUT2D eigenvalue weighted by atomic mass is 16.8. The molecule has 0 spiro atoms. The number of fused-ring (bicyclic) bond motifs is 1. The molecular formula is C33H34N6O6. The molecule has 6 rings (SSSR count). The van der Waals surface area contributed by atoms with E-state index in [0.29, 0.717) is 30.2 Å². The van der Waals surface area contributed by atoms with Crippen molar-refractivity contribution < 1.29 is 28.5 Å². The molecule has 1 aliphatic carbocycles. The molecule has 0 amide bonds. The molecule has 0 saturated heterocycles. The molecule has 2 aromatic heterocycles. The Bertz CT molecular complexity index is 1760. The van der Waals surface area contributed by atoms with Gasteiger partial charge in [0.15, 0.2) is 0 Å². The van der Waals surface area contributed by atoms with Gasteiger partial charge in [-0.1, -0.05) is 55.0 Å². The van der Waals surface area contributed by atoms with Gasteiger partial charge in [0.1, 0.15) is 12.4 Å². The fourth-order valence-electron chi connectivity index (χ4n) is 5.60. The Kier molecular flexibility index (Phi) is 8.99. The van der Waals surface area contributed by atoms with Gasteiger partial charge in [-0.25, -0.2) is 9.59 Å². The number of carbonyl (C=O) groups is 2. The molecule has 1 saturated carbocycles. The largest absolute Gasteiger partial charge is 0.511 e. The summed E-state index contributed by atoms with van der Waals surface area (Å²) in [5.74, 6) is -0.655. The average Bonchev–Trinajstić information content (AvgIpc) is 3.71. The first-order chi connectivity index (χ1) is 22.0. The third-order valence-corrected chi connectivity index (χ3v) is 7.68. The maximum atomic E-state index is 13.4. The van der Waals surface area contributed by atoms with E-state index in [9.17, 15) is 9.59 Å². The first-order valence-electron chi connectivity index (χ1n) is 15.1. The van der Waals surface area contributed by atoms with Crippen LogP contribution in [0.3, 0.4) is 0 Å². The minimum Gasteiger partial charge on any atom is -0.465 e. The lowest BCUT2D eigenvalue weighted by Crippen LogP contribution is -2.26. The van der Waals surface area contributed by atoms with Gasteiger partial charge in [-0.2, -0.15) is 9.67 Å². The molecule has 232 valence electrons. The van der Waals surface area contributed by atoms with Crippen molar-refractivity contribution in [2.45, 2.75) is 64.9 Å². The Morgan fingerprint density at radius 1 is 0.956 bits per heavy atom. The summed E-state index contributed by atoms with van der Waals surface area (Å²) in [4.78, 5) is 30.3. The number of para-hydroxylation sites is 2. The second-order valence-electron chi connectivity index (χ2n) is 10.8. The minimum absolute atomic E-state index is 0.163. The van der Waals surface area contributed by atoms with Gasteiger partial charge in [0.2, 0.25) is 6.29 Å². The highest BCUT2D eigenvalue weighted by Crippen LogP contribution is 2.30. The third kappa shape index (κ3) is 6.79. The maximum Gasteiger partial charge on any atom is 0.511 e. The van der Waals surface area contributed by atoms with Crippen molar-refractivity contribution in [2.24, 2.45) is 0 Å². The number of nitrogens with zero attached hydrogens (tertiary/aromatic N) is 6. The molecule has 0 aliphatic heterocycles. The summed E-state index contributed by atoms with van der Waals surface area (Å²) in [5.41, 5.74) is 5.19. The van der Waals surface area contributed by atoms with Crippen molar-refractivity contribution in [3.05, 3.63) is 84.2 Å². The number of hydrogen-bond acceptors (Lipinski definition) is 10. The molecule has 12 nitrogen and oxygen atoms in total. The van der Waals surface area contributed by atoms with Gasteiger partial charge in [0.05, 0.1) is 35.4 Å². The van der Waals surface area contributed by atoms with Gasteiger partial charge in [0.25, 0.3) is 6.01 Å². The summed E-state index contributed by atoms with van der Waals surface area (Å²) < 4.78 is 25.5. The predicted molar refractivity (Wildman–Crippen MR) is 164 cm³/mol. The van der Waals surface area contributed by atoms with E-state index in [1.165, 1.54) is 6.92 Å². The van der Waals surface area contributed by atoms with Crippen LogP contribution in [-0.2, 0) is 20.8 Å². The van der Waals surface area contributed by atoms with Gasteiger partial charge in [-0.15, -0.1) is 5.10 Å². The zero-order valence-electron chi connectivity index (χ0n) is 25.2. The molecule has 45 heavy (non-hydrogen) atoms. The van der Waals surface area contributed by atoms with Crippen LogP contribution in [0.5, 0.6) is 6.01 Å². The molecule has 1 aliphatic rings. The number of imidazole rings is 1. The van der Waals surface area contributed by atoms with Crippen molar-refractivity contribution in [1.29, 1.82) is 0 Å². The van der Waals surface area contributed by atoms with Gasteiger partial charge in [-0.3, -0.25) is 4.57 Å². The standard InChI is InChI=1S/C33H34N6O6/c1-3-42-32-35-28-14-9-13-27(31(40)43-22(2)44-33(41)45-25-10-5-4-6-11-25)30(28)38(32)20-23-16-18-24(19-17-23)26-12-7-8-15-29(26)39-21-34-36-37-39/h7-9,12-19,21-22,25H,3-6,10-11,20H2,1-2H3. The van der Waals surface area contributed by atoms with Crippen molar-refractivity contribution in [3.63, 3.8) is 0 Å². The zero-order chi connectivity index (χ0) is 31.2. The van der Waals surface area contributed by atoms with Crippen molar-refractivity contribution in [3.8, 4) is 22.8 Å². The highest BCUT2D eigenvalue weighted by molar-refractivity contribution is 6.02. The first kappa shape index (κ1) is 29.8. The Balaban J connectivity index is 1.22. The van der Waals surface area contributed by atoms with E-state index in [0.717, 1.165) is 54.5 Å². The summed E-state index contributed by atoms with van der Waals surface area (Å²) in [6, 6.07) is 21.5. The lowest BCUT2D eigenvalue weighted by atomic mass is 9.98. The highest BCUT2D eigenvalue weighted by Gasteiger charge is 2.25. The van der Waals surface area contributed by atoms with Crippen molar-refractivity contribution in [2.75, 3.05) is 6.61 Å². The van der Waals surface area contributed by atoms with Crippen LogP contribution in [-0.4, -0.2) is 60.9 Å². The number of tetrazole rings is 1. The second-order valence-corrected chi connectivity index (χ2v) is 10.8. The topological polar surface area (TPSA) is 132 Å². The SMILES string of the molecule is CCOc1nc2cccc(C(=O)OC(C)OC(=O)OC3CCCCC3)c2n1Cc1ccc(-c2ccccc2-n2cnnn2)cc1. The molecule has 3 aromatic carbocycles. The normalized spacial score (nSPS) is 14.2. The quantitative estimate of drug-likeness (QED) is 0.135. The predicted octanol–water partition coefficient (Wildman–Crippen LogP) is 6.11. The summed E-state index contributed by atoms with van der Waals surface area (Å²) >= 11 is 0. The molecular weight excluding hydrogens is 576 g/mol. The minimum atomic E-state index is -1.14. The maximum absolute atomic E-state index is 13.4. The van der Waals surface area contributed by atoms with E-state index in [4.69, 9.17) is 18.9 Å². The summed E-state index contributed by atoms with van der Waals surface area (Å²) in [7, 11) is 0. The van der Waals surface area contributed by atoms with E-state index in [1.807, 2.05) is 66.1 Å². The molecule has 0 N–H and O–H groups in total. The molecule has 12 heteroatoms. The Morgan fingerprint density at radius 3 is 2.51 bits per heavy atom. The number of rotatable bonds is 10. The molecule has 1 atom stereocenters. The summed E-state index contributed by atoms with van der Waals surface area (Å²) in [5, 5.41) is 11.6. The van der Waals surface area contributed by atoms with Crippen LogP contribution >= 0.6 is 0 Å². The molecule has 5 aromatic rings. The van der Waals surface area contributed by atoms with E-state index in [-0.39, 0.29) is 11.7 Å². The van der Waals surface area contributed by atoms with Gasteiger partial charge < -0.3 is 18.9 Å². The number of esters is 1. The van der Waals surface area contributed by atoms with Crippen LogP contribution in [0.2, 0.25) is 0 Å². The van der Waals surface area contributed by atoms with E-state index >= 15 is 0 Å². The number of carbonyl (C=O) groups excluding carboxylic acids is 2. The van der Waals surface area contributed by atoms with Crippen LogP contribution in [0.1, 0.15) is 61.9 Å². The molecule has 1 fully saturated rings. The van der Waals surface area contributed by atoms with Crippen molar-refractivity contribution in [1.82, 2.24) is 29.8 Å². The number of benzene rings is 3. The summed E-state index contributed by atoms with van der Waals surface area (Å²) in [6.07, 6.45) is 4.22. The Morgan fingerprint density at radius 2 is 1.76 bits per heavy atom. The second kappa shape index (κ2) is 13.6. The van der Waals surface area contributed by atoms with Gasteiger partial charge in [-0.05, 0) is 72.4 Å². The Labute approximate surface area is 259 Å². The molecule has 0 radical (unpaired) electrons. The van der Waals surface area contributed by atoms with Crippen LogP contribution in [0, 0.1) is 0 Å². The molecule has 0 bridgehead atoms. The summed E-state index contributed by atoms with van der Waals surface area (Å²) in [6.45, 7) is 4.14.